The van der Waals surface area contributed by atoms with Gasteiger partial charge in [0.2, 0.25) is 0 Å². The van der Waals surface area contributed by atoms with Crippen LogP contribution in [0.3, 0.4) is 0 Å². The molecule has 4 N–H and O–H groups in total. The van der Waals surface area contributed by atoms with Gasteiger partial charge in [-0.1, -0.05) is 29.8 Å². The molecule has 4 atom stereocenters. The number of aryl methyl sites for hydroxylation is 1. The predicted octanol–water partition coefficient (Wildman–Crippen LogP) is -0.365. The van der Waals surface area contributed by atoms with Crippen molar-refractivity contribution in [2.45, 2.75) is 37.5 Å². The number of aliphatic hydroxyl groups excluding tert-OH is 2. The van der Waals surface area contributed by atoms with E-state index in [9.17, 15) is 24.4 Å². The molecule has 1 saturated heterocycles. The summed E-state index contributed by atoms with van der Waals surface area (Å²) in [5, 5.41) is 20.8. The van der Waals surface area contributed by atoms with Crippen LogP contribution in [-0.2, 0) is 26.8 Å². The predicted molar refractivity (Wildman–Crippen MR) is 104 cm³/mol. The number of phosphoric ester groups is 1. The molecule has 1 aromatic carbocycles. The highest BCUT2D eigenvalue weighted by Crippen LogP contribution is 2.38. The van der Waals surface area contributed by atoms with Crippen molar-refractivity contribution >= 4 is 19.4 Å². The normalized spacial score (nSPS) is 24.3. The molecule has 0 radical (unpaired) electrons. The van der Waals surface area contributed by atoms with Gasteiger partial charge >= 0.3 is 13.5 Å². The lowest BCUT2D eigenvalue weighted by Gasteiger charge is -2.19. The van der Waals surface area contributed by atoms with Crippen LogP contribution in [0.15, 0.2) is 46.1 Å². The molecule has 1 aliphatic rings. The smallest absolute Gasteiger partial charge is 0.387 e. The molecule has 0 aliphatic carbocycles. The van der Waals surface area contributed by atoms with Crippen LogP contribution in [0.25, 0.3) is 0 Å². The Labute approximate surface area is 174 Å². The van der Waals surface area contributed by atoms with Crippen molar-refractivity contribution in [3.8, 4) is 0 Å². The molecular weight excluding hydrogens is 443 g/mol. The van der Waals surface area contributed by atoms with E-state index in [1.807, 2.05) is 0 Å². The van der Waals surface area contributed by atoms with Crippen LogP contribution < -0.4 is 11.2 Å². The average molecular weight is 463 g/mol. The summed E-state index contributed by atoms with van der Waals surface area (Å²) >= 11 is 6.10. The molecule has 30 heavy (non-hydrogen) atoms. The van der Waals surface area contributed by atoms with Crippen molar-refractivity contribution in [3.05, 3.63) is 68.0 Å². The van der Waals surface area contributed by atoms with Crippen LogP contribution >= 0.6 is 19.4 Å². The number of aliphatic hydroxyl groups is 2. The maximum atomic E-state index is 12.8. The van der Waals surface area contributed by atoms with Gasteiger partial charge in [0.25, 0.3) is 5.56 Å². The Bertz CT molecular complexity index is 1070. The molecule has 164 valence electrons. The maximum absolute atomic E-state index is 12.8. The second-order valence-corrected chi connectivity index (χ2v) is 8.32. The van der Waals surface area contributed by atoms with E-state index in [4.69, 9.17) is 26.1 Å². The summed E-state index contributed by atoms with van der Waals surface area (Å²) in [6.45, 7) is -0.696. The Kier molecular flexibility index (Phi) is 6.95. The van der Waals surface area contributed by atoms with Crippen LogP contribution in [0.4, 0.5) is 0 Å². The quantitative estimate of drug-likeness (QED) is 0.402. The number of halogens is 1. The molecule has 2 aromatic rings. The van der Waals surface area contributed by atoms with Crippen molar-refractivity contribution in [2.24, 2.45) is 0 Å². The zero-order valence-corrected chi connectivity index (χ0v) is 17.1. The first-order valence-corrected chi connectivity index (χ1v) is 10.8. The molecule has 0 saturated carbocycles. The fourth-order valence-electron chi connectivity index (χ4n) is 3.13. The minimum atomic E-state index is -4.82. The molecule has 1 aromatic heterocycles. The van der Waals surface area contributed by atoms with E-state index in [1.165, 1.54) is 0 Å². The molecule has 13 heteroatoms. The fraction of sp³-hybridized carbons (Fsp3) is 0.412. The summed E-state index contributed by atoms with van der Waals surface area (Å²) in [5.74, 6) is 0. The Morgan fingerprint density at radius 1 is 1.13 bits per heavy atom. The number of aromatic nitrogens is 2. The topological polar surface area (TPSA) is 160 Å². The van der Waals surface area contributed by atoms with Crippen LogP contribution in [0.1, 0.15) is 11.8 Å². The van der Waals surface area contributed by atoms with Crippen molar-refractivity contribution in [1.82, 2.24) is 9.13 Å². The van der Waals surface area contributed by atoms with Crippen LogP contribution in [0.2, 0.25) is 5.02 Å². The molecule has 0 spiro atoms. The molecule has 3 rings (SSSR count). The van der Waals surface area contributed by atoms with Gasteiger partial charge in [0.1, 0.15) is 18.3 Å². The minimum absolute atomic E-state index is 0.0123. The first kappa shape index (κ1) is 22.9. The van der Waals surface area contributed by atoms with E-state index in [-0.39, 0.29) is 6.54 Å². The molecule has 1 unspecified atom stereocenters. The number of phosphoric acid groups is 1. The van der Waals surface area contributed by atoms with E-state index >= 15 is 0 Å². The third-order valence-electron chi connectivity index (χ3n) is 4.68. The molecule has 1 aliphatic heterocycles. The van der Waals surface area contributed by atoms with Gasteiger partial charge in [-0.2, -0.15) is 0 Å². The number of benzene rings is 1. The first-order chi connectivity index (χ1) is 14.1. The Hall–Kier alpha value is -1.82. The lowest BCUT2D eigenvalue weighted by molar-refractivity contribution is -0.0548. The number of ether oxygens (including phenoxy) is 1. The fourth-order valence-corrected chi connectivity index (χ4v) is 3.70. The average Bonchev–Trinajstić information content (AvgIpc) is 2.95. The van der Waals surface area contributed by atoms with Gasteiger partial charge in [0.15, 0.2) is 6.23 Å². The molecular formula is C17H20ClN2O9P. The van der Waals surface area contributed by atoms with Crippen LogP contribution in [0.5, 0.6) is 0 Å². The third kappa shape index (κ3) is 5.08. The highest BCUT2D eigenvalue weighted by molar-refractivity contribution is 7.46. The maximum Gasteiger partial charge on any atom is 0.469 e. The van der Waals surface area contributed by atoms with Gasteiger partial charge in [0, 0.05) is 23.8 Å². The largest absolute Gasteiger partial charge is 0.469 e. The van der Waals surface area contributed by atoms with Crippen LogP contribution in [-0.4, -0.2) is 54.1 Å². The summed E-state index contributed by atoms with van der Waals surface area (Å²) in [5.41, 5.74) is -0.622. The van der Waals surface area contributed by atoms with Gasteiger partial charge in [0.05, 0.1) is 6.61 Å². The summed E-state index contributed by atoms with van der Waals surface area (Å²) in [6, 6.07) is 8.09. The van der Waals surface area contributed by atoms with Gasteiger partial charge < -0.3 is 24.7 Å². The zero-order chi connectivity index (χ0) is 22.1. The second kappa shape index (κ2) is 9.13. The summed E-state index contributed by atoms with van der Waals surface area (Å²) in [4.78, 5) is 42.6. The van der Waals surface area contributed by atoms with E-state index in [0.29, 0.717) is 11.4 Å². The van der Waals surface area contributed by atoms with Gasteiger partial charge in [-0.15, -0.1) is 0 Å². The molecule has 0 amide bonds. The van der Waals surface area contributed by atoms with E-state index in [2.05, 4.69) is 4.52 Å². The number of rotatable bonds is 7. The van der Waals surface area contributed by atoms with E-state index in [1.54, 1.807) is 24.3 Å². The molecule has 2 heterocycles. The monoisotopic (exact) mass is 462 g/mol. The third-order valence-corrected chi connectivity index (χ3v) is 5.53. The van der Waals surface area contributed by atoms with Crippen LogP contribution in [0, 0.1) is 0 Å². The van der Waals surface area contributed by atoms with Crippen molar-refractivity contribution < 1.29 is 33.8 Å². The summed E-state index contributed by atoms with van der Waals surface area (Å²) in [7, 11) is -4.82. The van der Waals surface area contributed by atoms with E-state index in [0.717, 1.165) is 27.0 Å². The Morgan fingerprint density at radius 2 is 1.83 bits per heavy atom. The van der Waals surface area contributed by atoms with Crippen molar-refractivity contribution in [2.75, 3.05) is 6.61 Å². The number of hydrogen-bond acceptors (Lipinski definition) is 7. The van der Waals surface area contributed by atoms with Crippen molar-refractivity contribution in [1.29, 1.82) is 0 Å². The summed E-state index contributed by atoms with van der Waals surface area (Å²) in [6.07, 6.45) is -4.43. The molecule has 0 bridgehead atoms. The highest BCUT2D eigenvalue weighted by Gasteiger charge is 2.45. The Morgan fingerprint density at radius 3 is 2.50 bits per heavy atom. The lowest BCUT2D eigenvalue weighted by atomic mass is 10.1. The SMILES string of the molecule is O=c1ccn([C@@H]2O[C@H](COP(=O)(O)O)[C@H](O)C2O)c(=O)n1CCc1ccccc1Cl. The van der Waals surface area contributed by atoms with E-state index < -0.39 is 50.2 Å². The lowest BCUT2D eigenvalue weighted by Crippen LogP contribution is -2.43. The standard InChI is InChI=1S/C17H20ClN2O9P/c18-11-4-2-1-3-10(11)5-7-19-13(21)6-8-20(17(19)24)16-15(23)14(22)12(29-16)9-28-30(25,26)27/h1-4,6,8,12,14-16,22-23H,5,7,9H2,(H2,25,26,27)/t12-,14+,15?,16-/m1/s1. The number of nitrogens with zero attached hydrogens (tertiary/aromatic N) is 2. The second-order valence-electron chi connectivity index (χ2n) is 6.67. The zero-order valence-electron chi connectivity index (χ0n) is 15.4. The van der Waals surface area contributed by atoms with Gasteiger partial charge in [-0.05, 0) is 18.1 Å². The molecule has 1 fully saturated rings. The minimum Gasteiger partial charge on any atom is -0.387 e. The summed E-state index contributed by atoms with van der Waals surface area (Å²) < 4.78 is 22.4. The molecule has 11 nitrogen and oxygen atoms in total. The van der Waals surface area contributed by atoms with Gasteiger partial charge in [-0.25, -0.2) is 9.36 Å². The number of hydrogen-bond donors (Lipinski definition) is 4. The van der Waals surface area contributed by atoms with Crippen molar-refractivity contribution in [3.63, 3.8) is 0 Å². The first-order valence-electron chi connectivity index (χ1n) is 8.85. The highest BCUT2D eigenvalue weighted by atomic mass is 35.5. The van der Waals surface area contributed by atoms with Gasteiger partial charge in [-0.3, -0.25) is 18.5 Å². The Balaban J connectivity index is 1.82.